The molecule has 2 fully saturated rings. The molecule has 0 saturated carbocycles. The summed E-state index contributed by atoms with van der Waals surface area (Å²) in [6, 6.07) is 22.8. The molecule has 0 spiro atoms. The summed E-state index contributed by atoms with van der Waals surface area (Å²) in [6.07, 6.45) is 4.60. The maximum Gasteiger partial charge on any atom is 0.254 e. The van der Waals surface area contributed by atoms with Crippen molar-refractivity contribution in [2.24, 2.45) is 5.92 Å². The largest absolute Gasteiger partial charge is 0.494 e. The van der Waals surface area contributed by atoms with E-state index in [-0.39, 0.29) is 54.8 Å². The highest BCUT2D eigenvalue weighted by Gasteiger charge is 2.43. The van der Waals surface area contributed by atoms with Crippen molar-refractivity contribution in [3.63, 3.8) is 0 Å². The molecule has 4 atom stereocenters. The van der Waals surface area contributed by atoms with E-state index in [1.165, 1.54) is 4.90 Å². The lowest BCUT2D eigenvalue weighted by molar-refractivity contribution is -0.141. The molecule has 3 aromatic heterocycles. The Balaban J connectivity index is 0.803. The molecule has 16 nitrogen and oxygen atoms in total. The monoisotopic (exact) mass is 1070 g/mol. The lowest BCUT2D eigenvalue weighted by Crippen LogP contribution is -2.48. The van der Waals surface area contributed by atoms with Crippen LogP contribution in [0.2, 0.25) is 0 Å². The van der Waals surface area contributed by atoms with Gasteiger partial charge in [0.05, 0.1) is 41.4 Å². The van der Waals surface area contributed by atoms with Crippen molar-refractivity contribution in [3.8, 4) is 33.2 Å². The van der Waals surface area contributed by atoms with Gasteiger partial charge in [0.2, 0.25) is 11.8 Å². The van der Waals surface area contributed by atoms with Gasteiger partial charge >= 0.3 is 0 Å². The first-order valence-electron chi connectivity index (χ1n) is 27.2. The van der Waals surface area contributed by atoms with Crippen molar-refractivity contribution in [1.82, 2.24) is 30.7 Å². The number of aliphatic hydroxyl groups is 1. The van der Waals surface area contributed by atoms with E-state index >= 15 is 0 Å². The third-order valence-electron chi connectivity index (χ3n) is 15.0. The fourth-order valence-corrected chi connectivity index (χ4v) is 11.5. The van der Waals surface area contributed by atoms with Crippen molar-refractivity contribution in [2.45, 2.75) is 137 Å². The number of nitrogens with one attached hydrogen (secondary N) is 3. The van der Waals surface area contributed by atoms with Crippen LogP contribution in [0.15, 0.2) is 87.6 Å². The van der Waals surface area contributed by atoms with Crippen molar-refractivity contribution in [3.05, 3.63) is 134 Å². The number of unbranched alkanes of at least 4 members (excludes halogenated alkanes) is 3. The molecule has 17 heteroatoms. The molecule has 0 bridgehead atoms. The molecular formula is C60H75N7O9S. The third-order valence-corrected chi connectivity index (χ3v) is 15.9. The number of H-pyrrole nitrogens is 1. The zero-order valence-electron chi connectivity index (χ0n) is 45.8. The maximum atomic E-state index is 14.2. The highest BCUT2D eigenvalue weighted by Crippen LogP contribution is 2.36. The molecular weight excluding hydrogens is 995 g/mol. The summed E-state index contributed by atoms with van der Waals surface area (Å²) >= 11 is 1.59. The van der Waals surface area contributed by atoms with E-state index in [1.54, 1.807) is 17.4 Å². The summed E-state index contributed by atoms with van der Waals surface area (Å²) in [6.45, 7) is 18.9. The predicted molar refractivity (Wildman–Crippen MR) is 300 cm³/mol. The number of aliphatic hydroxyl groups excluding tert-OH is 1. The van der Waals surface area contributed by atoms with Gasteiger partial charge < -0.3 is 49.3 Å². The Bertz CT molecular complexity index is 3020. The van der Waals surface area contributed by atoms with Gasteiger partial charge in [-0.1, -0.05) is 50.2 Å². The van der Waals surface area contributed by atoms with Crippen molar-refractivity contribution in [2.75, 3.05) is 44.4 Å². The van der Waals surface area contributed by atoms with Crippen LogP contribution in [0, 0.1) is 33.6 Å². The van der Waals surface area contributed by atoms with E-state index in [1.807, 2.05) is 115 Å². The first kappa shape index (κ1) is 56.4. The number of likely N-dealkylation sites (tertiary alicyclic amines) is 1. The Kier molecular flexibility index (Phi) is 19.1. The minimum absolute atomic E-state index is 0.0442. The van der Waals surface area contributed by atoms with Crippen LogP contribution < -0.4 is 30.6 Å². The van der Waals surface area contributed by atoms with E-state index in [2.05, 4.69) is 43.6 Å². The normalized spacial score (nSPS) is 16.6. The number of anilines is 1. The van der Waals surface area contributed by atoms with E-state index in [0.717, 1.165) is 106 Å². The number of ether oxygens (including phenoxy) is 3. The number of benzene rings is 3. The van der Waals surface area contributed by atoms with Crippen LogP contribution in [-0.2, 0) is 20.9 Å². The molecule has 3 amide bonds. The minimum atomic E-state index is -0.837. The van der Waals surface area contributed by atoms with E-state index in [0.29, 0.717) is 55.2 Å². The van der Waals surface area contributed by atoms with Gasteiger partial charge in [0.25, 0.3) is 17.3 Å². The summed E-state index contributed by atoms with van der Waals surface area (Å²) in [5.74, 6) is -0.377. The molecule has 410 valence electrons. The molecule has 6 aromatic rings. The molecule has 77 heavy (non-hydrogen) atoms. The van der Waals surface area contributed by atoms with Gasteiger partial charge in [0.1, 0.15) is 17.7 Å². The Morgan fingerprint density at radius 1 is 0.896 bits per heavy atom. The average molecular weight is 1070 g/mol. The molecule has 2 aliphatic heterocycles. The van der Waals surface area contributed by atoms with Crippen LogP contribution in [0.1, 0.15) is 134 Å². The first-order chi connectivity index (χ1) is 37.1. The summed E-state index contributed by atoms with van der Waals surface area (Å²) < 4.78 is 23.5. The van der Waals surface area contributed by atoms with Crippen LogP contribution in [0.4, 0.5) is 5.69 Å². The number of rotatable bonds is 23. The predicted octanol–water partition coefficient (Wildman–Crippen LogP) is 9.92. The molecule has 5 heterocycles. The molecule has 2 saturated heterocycles. The minimum Gasteiger partial charge on any atom is -0.494 e. The number of hydrogen-bond acceptors (Lipinski definition) is 13. The molecule has 2 aliphatic rings. The standard InChI is InChI=1S/C60H75N7O9S/c1-9-66(46-22-26-73-27-23-46)51-30-45(29-49(39(51)6)57(69)61-33-50-37(4)28-38(5)63-58(50)70)43-18-20-48(21-19-43)74-24-12-10-11-13-25-75-54-32-53(76-65-54)55(36(2)3)60(72)67-34-47(68)31-52(67)59(71)64-40(7)42-14-16-44(17-15-42)56-41(8)62-35-77-56/h14-21,28-30,32,35-36,40,46-47,52,55,68H,9-13,22-27,31,33-34H2,1-8H3,(H,61,69)(H,63,70)(H,64,71)/t40?,47-,52+,55?/m1/s1. The summed E-state index contributed by atoms with van der Waals surface area (Å²) in [4.78, 5) is 66.9. The van der Waals surface area contributed by atoms with E-state index in [9.17, 15) is 24.3 Å². The van der Waals surface area contributed by atoms with Gasteiger partial charge in [-0.2, -0.15) is 0 Å². The van der Waals surface area contributed by atoms with E-state index < -0.39 is 18.1 Å². The molecule has 0 aliphatic carbocycles. The Morgan fingerprint density at radius 2 is 1.60 bits per heavy atom. The number of aromatic nitrogens is 3. The Labute approximate surface area is 455 Å². The molecule has 0 radical (unpaired) electrons. The van der Waals surface area contributed by atoms with Crippen molar-refractivity contribution >= 4 is 34.7 Å². The van der Waals surface area contributed by atoms with Crippen molar-refractivity contribution < 1.29 is 38.2 Å². The number of carbonyl (C=O) groups excluding carboxylic acids is 3. The van der Waals surface area contributed by atoms with Crippen LogP contribution in [0.5, 0.6) is 11.6 Å². The number of aryl methyl sites for hydroxylation is 3. The SMILES string of the molecule is CCN(c1cc(-c2ccc(OCCCCCCOc3cc(C(C(=O)N4C[C@H](O)C[C@H]4C(=O)NC(C)c4ccc(-c5scnc5C)cc4)C(C)C)on3)cc2)cc(C(=O)NCc2c(C)cc(C)[nH]c2=O)c1C)C1CCOCC1. The third kappa shape index (κ3) is 13.8. The zero-order valence-corrected chi connectivity index (χ0v) is 46.6. The van der Waals surface area contributed by atoms with Crippen LogP contribution in [0.3, 0.4) is 0 Å². The lowest BCUT2D eigenvalue weighted by atomic mass is 9.91. The molecule has 2 unspecified atom stereocenters. The summed E-state index contributed by atoms with van der Waals surface area (Å²) in [5, 5.41) is 20.9. The Hall–Kier alpha value is -6.82. The number of carbonyl (C=O) groups is 3. The lowest BCUT2D eigenvalue weighted by Gasteiger charge is -2.37. The molecule has 4 N–H and O–H groups in total. The zero-order chi connectivity index (χ0) is 54.8. The number of amides is 3. The van der Waals surface area contributed by atoms with Gasteiger partial charge in [-0.3, -0.25) is 19.2 Å². The smallest absolute Gasteiger partial charge is 0.254 e. The second-order valence-corrected chi connectivity index (χ2v) is 21.7. The van der Waals surface area contributed by atoms with Crippen molar-refractivity contribution in [1.29, 1.82) is 0 Å². The number of pyridine rings is 1. The molecule has 8 rings (SSSR count). The number of hydrogen-bond donors (Lipinski definition) is 4. The number of nitrogens with zero attached hydrogens (tertiary/aromatic N) is 4. The van der Waals surface area contributed by atoms with Gasteiger partial charge in [0, 0.05) is 73.9 Å². The van der Waals surface area contributed by atoms with Gasteiger partial charge in [-0.25, -0.2) is 4.98 Å². The number of thiazole rings is 1. The first-order valence-corrected chi connectivity index (χ1v) is 28.1. The van der Waals surface area contributed by atoms with Crippen LogP contribution in [-0.4, -0.2) is 101 Å². The second kappa shape index (κ2) is 26.0. The fourth-order valence-electron chi connectivity index (χ4n) is 10.7. The van der Waals surface area contributed by atoms with Gasteiger partial charge in [0.15, 0.2) is 5.76 Å². The number of aromatic amines is 1. The number of β-amino-alcohol motifs (C(OH)–C–C–N with tert-alkyl or cyclic N) is 1. The van der Waals surface area contributed by atoms with E-state index in [4.69, 9.17) is 18.7 Å². The Morgan fingerprint density at radius 3 is 2.26 bits per heavy atom. The van der Waals surface area contributed by atoms with Gasteiger partial charge in [-0.15, -0.1) is 11.3 Å². The molecule has 3 aromatic carbocycles. The quantitative estimate of drug-likeness (QED) is 0.0443. The average Bonchev–Trinajstić information content (AvgIpc) is 4.17. The van der Waals surface area contributed by atoms with Gasteiger partial charge in [-0.05, 0) is 155 Å². The van der Waals surface area contributed by atoms with Crippen LogP contribution >= 0.6 is 11.3 Å². The summed E-state index contributed by atoms with van der Waals surface area (Å²) in [5.41, 5.74) is 11.1. The highest BCUT2D eigenvalue weighted by molar-refractivity contribution is 7.13. The van der Waals surface area contributed by atoms with Crippen LogP contribution in [0.25, 0.3) is 21.6 Å². The topological polar surface area (TPSA) is 201 Å². The second-order valence-electron chi connectivity index (χ2n) is 20.9. The summed E-state index contributed by atoms with van der Waals surface area (Å²) in [7, 11) is 0. The maximum absolute atomic E-state index is 14.2. The highest BCUT2D eigenvalue weighted by atomic mass is 32.1. The fraction of sp³-hybridized carbons (Fsp3) is 0.467.